The molecule has 2 fully saturated rings. The average molecular weight is 464 g/mol. The fourth-order valence-electron chi connectivity index (χ4n) is 5.12. The van der Waals surface area contributed by atoms with Crippen molar-refractivity contribution in [1.29, 1.82) is 0 Å². The highest BCUT2D eigenvalue weighted by molar-refractivity contribution is 6.30. The van der Waals surface area contributed by atoms with Crippen LogP contribution in [0.25, 0.3) is 0 Å². The third-order valence-corrected chi connectivity index (χ3v) is 7.36. The van der Waals surface area contributed by atoms with Crippen LogP contribution in [0.3, 0.4) is 0 Å². The lowest BCUT2D eigenvalue weighted by Crippen LogP contribution is -2.59. The van der Waals surface area contributed by atoms with Crippen LogP contribution >= 0.6 is 11.6 Å². The summed E-state index contributed by atoms with van der Waals surface area (Å²) in [4.78, 5) is 38.5. The van der Waals surface area contributed by atoms with E-state index in [2.05, 4.69) is 5.32 Å². The third-order valence-electron chi connectivity index (χ3n) is 7.11. The van der Waals surface area contributed by atoms with E-state index in [1.807, 2.05) is 30.9 Å². The number of hydrogen-bond donors (Lipinski definition) is 3. The normalized spacial score (nSPS) is 27.6. The Hall–Kier alpha value is -2.12. The molecular weight excluding hydrogens is 430 g/mol. The number of primary amides is 1. The maximum Gasteiger partial charge on any atom is 0.227 e. The Balaban J connectivity index is 1.69. The van der Waals surface area contributed by atoms with Crippen LogP contribution in [0.1, 0.15) is 64.4 Å². The first-order valence-corrected chi connectivity index (χ1v) is 11.8. The minimum atomic E-state index is -1.07. The van der Waals surface area contributed by atoms with Crippen molar-refractivity contribution in [2.75, 3.05) is 13.1 Å². The summed E-state index contributed by atoms with van der Waals surface area (Å²) in [6.45, 7) is 4.82. The number of nitrogens with one attached hydrogen (secondary N) is 1. The van der Waals surface area contributed by atoms with Crippen molar-refractivity contribution in [1.82, 2.24) is 10.2 Å². The Bertz CT molecular complexity index is 857. The zero-order valence-electron chi connectivity index (χ0n) is 18.9. The smallest absolute Gasteiger partial charge is 0.227 e. The van der Waals surface area contributed by atoms with Crippen LogP contribution in [0.5, 0.6) is 0 Å². The van der Waals surface area contributed by atoms with Crippen molar-refractivity contribution < 1.29 is 19.5 Å². The number of piperidine rings is 1. The van der Waals surface area contributed by atoms with Gasteiger partial charge >= 0.3 is 0 Å². The maximum absolute atomic E-state index is 13.5. The summed E-state index contributed by atoms with van der Waals surface area (Å²) in [5.41, 5.74) is 4.31. The number of carbonyl (C=O) groups excluding carboxylic acids is 3. The number of carbonyl (C=O) groups is 3. The van der Waals surface area contributed by atoms with Gasteiger partial charge in [0.2, 0.25) is 17.7 Å². The van der Waals surface area contributed by atoms with Gasteiger partial charge < -0.3 is 21.1 Å². The van der Waals surface area contributed by atoms with Crippen LogP contribution in [-0.2, 0) is 20.0 Å². The highest BCUT2D eigenvalue weighted by atomic mass is 35.5. The van der Waals surface area contributed by atoms with E-state index in [1.165, 1.54) is 0 Å². The molecule has 8 heteroatoms. The van der Waals surface area contributed by atoms with Crippen molar-refractivity contribution in [3.8, 4) is 0 Å². The van der Waals surface area contributed by atoms with Gasteiger partial charge in [-0.05, 0) is 37.0 Å². The molecule has 0 bridgehead atoms. The zero-order chi connectivity index (χ0) is 23.5. The van der Waals surface area contributed by atoms with Gasteiger partial charge in [0.15, 0.2) is 0 Å². The Labute approximate surface area is 194 Å². The van der Waals surface area contributed by atoms with Gasteiger partial charge in [-0.1, -0.05) is 50.4 Å². The van der Waals surface area contributed by atoms with Crippen molar-refractivity contribution >= 4 is 29.3 Å². The van der Waals surface area contributed by atoms with Crippen molar-refractivity contribution in [2.45, 2.75) is 70.4 Å². The molecule has 32 heavy (non-hydrogen) atoms. The van der Waals surface area contributed by atoms with E-state index >= 15 is 0 Å². The highest BCUT2D eigenvalue weighted by Gasteiger charge is 2.50. The van der Waals surface area contributed by atoms with Crippen molar-refractivity contribution in [2.24, 2.45) is 17.1 Å². The van der Waals surface area contributed by atoms with Crippen LogP contribution in [0.2, 0.25) is 5.02 Å². The van der Waals surface area contributed by atoms with E-state index in [0.29, 0.717) is 24.5 Å². The molecule has 176 valence electrons. The lowest BCUT2D eigenvalue weighted by molar-refractivity contribution is -0.158. The first-order valence-electron chi connectivity index (χ1n) is 11.4. The van der Waals surface area contributed by atoms with E-state index in [-0.39, 0.29) is 36.6 Å². The number of hydrogen-bond acceptors (Lipinski definition) is 4. The Morgan fingerprint density at radius 3 is 2.44 bits per heavy atom. The largest absolute Gasteiger partial charge is 0.384 e. The number of benzene rings is 1. The fraction of sp³-hybridized carbons (Fsp3) is 0.625. The van der Waals surface area contributed by atoms with E-state index in [4.69, 9.17) is 17.3 Å². The molecule has 0 radical (unpaired) electrons. The fourth-order valence-corrected chi connectivity index (χ4v) is 5.25. The molecule has 1 aromatic carbocycles. The first kappa shape index (κ1) is 24.5. The number of halogens is 1. The second kappa shape index (κ2) is 9.79. The number of aliphatic hydroxyl groups is 1. The standard InChI is InChI=1S/C24H34ClN3O4/c1-23(2)15-28(14-13-24(23,32)16-7-9-17(25)10-8-16)22(31)18-5-3-4-6-19(18)27-21(30)12-11-20(26)29/h7-10,18-19,32H,3-6,11-15H2,1-2H3,(H2,26,29)(H,27,30)/t18-,19+,24-/m0/s1. The summed E-state index contributed by atoms with van der Waals surface area (Å²) in [7, 11) is 0. The van der Waals surface area contributed by atoms with Crippen LogP contribution in [0.4, 0.5) is 0 Å². The molecule has 3 amide bonds. The SMILES string of the molecule is CC1(C)CN(C(=O)[C@H]2CCCC[C@H]2NC(=O)CCC(N)=O)CC[C@]1(O)c1ccc(Cl)cc1. The number of nitrogens with two attached hydrogens (primary N) is 1. The van der Waals surface area contributed by atoms with Gasteiger partial charge in [-0.3, -0.25) is 14.4 Å². The lowest BCUT2D eigenvalue weighted by Gasteiger charge is -2.51. The van der Waals surface area contributed by atoms with Crippen LogP contribution in [0, 0.1) is 11.3 Å². The second-order valence-corrected chi connectivity index (χ2v) is 10.2. The van der Waals surface area contributed by atoms with Gasteiger partial charge in [0.05, 0.1) is 11.5 Å². The predicted octanol–water partition coefficient (Wildman–Crippen LogP) is 2.73. The molecule has 1 aromatic rings. The minimum absolute atomic E-state index is 0.000756. The molecule has 1 saturated carbocycles. The van der Waals surface area contributed by atoms with E-state index in [9.17, 15) is 19.5 Å². The zero-order valence-corrected chi connectivity index (χ0v) is 19.7. The molecule has 4 N–H and O–H groups in total. The molecule has 1 aliphatic heterocycles. The Morgan fingerprint density at radius 1 is 1.16 bits per heavy atom. The van der Waals surface area contributed by atoms with Gasteiger partial charge in [0.1, 0.15) is 0 Å². The van der Waals surface area contributed by atoms with Crippen molar-refractivity contribution in [3.05, 3.63) is 34.9 Å². The predicted molar refractivity (Wildman–Crippen MR) is 123 cm³/mol. The summed E-state index contributed by atoms with van der Waals surface area (Å²) < 4.78 is 0. The number of likely N-dealkylation sites (tertiary alicyclic amines) is 1. The van der Waals surface area contributed by atoms with Gasteiger partial charge in [-0.25, -0.2) is 0 Å². The summed E-state index contributed by atoms with van der Waals surface area (Å²) in [6.07, 6.45) is 3.82. The van der Waals surface area contributed by atoms with Gasteiger partial charge in [0, 0.05) is 42.4 Å². The number of rotatable bonds is 6. The van der Waals surface area contributed by atoms with Gasteiger partial charge in [-0.2, -0.15) is 0 Å². The summed E-state index contributed by atoms with van der Waals surface area (Å²) in [5, 5.41) is 15.1. The van der Waals surface area contributed by atoms with E-state index in [1.54, 1.807) is 12.1 Å². The molecule has 3 rings (SSSR count). The summed E-state index contributed by atoms with van der Waals surface area (Å²) in [5.74, 6) is -1.03. The summed E-state index contributed by atoms with van der Waals surface area (Å²) >= 11 is 6.02. The topological polar surface area (TPSA) is 113 Å². The van der Waals surface area contributed by atoms with Crippen LogP contribution in [0.15, 0.2) is 24.3 Å². The number of nitrogens with zero attached hydrogens (tertiary/aromatic N) is 1. The number of amides is 3. The molecule has 1 saturated heterocycles. The molecule has 2 aliphatic rings. The van der Waals surface area contributed by atoms with E-state index in [0.717, 1.165) is 31.2 Å². The molecular formula is C24H34ClN3O4. The first-order chi connectivity index (χ1) is 15.0. The average Bonchev–Trinajstić information content (AvgIpc) is 2.74. The molecule has 3 atom stereocenters. The summed E-state index contributed by atoms with van der Waals surface area (Å²) in [6, 6.07) is 7.00. The molecule has 0 unspecified atom stereocenters. The molecule has 0 aromatic heterocycles. The minimum Gasteiger partial charge on any atom is -0.384 e. The van der Waals surface area contributed by atoms with Gasteiger partial charge in [-0.15, -0.1) is 0 Å². The quantitative estimate of drug-likeness (QED) is 0.601. The third kappa shape index (κ3) is 5.26. The van der Waals surface area contributed by atoms with Crippen LogP contribution in [-0.4, -0.2) is 46.9 Å². The maximum atomic E-state index is 13.5. The second-order valence-electron chi connectivity index (χ2n) is 9.79. The Kier molecular flexibility index (Phi) is 7.50. The molecule has 1 heterocycles. The van der Waals surface area contributed by atoms with Crippen LogP contribution < -0.4 is 11.1 Å². The van der Waals surface area contributed by atoms with Gasteiger partial charge in [0.25, 0.3) is 0 Å². The lowest BCUT2D eigenvalue weighted by atomic mass is 9.66. The highest BCUT2D eigenvalue weighted by Crippen LogP contribution is 2.46. The van der Waals surface area contributed by atoms with E-state index < -0.39 is 16.9 Å². The van der Waals surface area contributed by atoms with Crippen molar-refractivity contribution in [3.63, 3.8) is 0 Å². The molecule has 7 nitrogen and oxygen atoms in total. The molecule has 1 aliphatic carbocycles. The Morgan fingerprint density at radius 2 is 1.81 bits per heavy atom. The monoisotopic (exact) mass is 463 g/mol. The molecule has 0 spiro atoms.